The van der Waals surface area contributed by atoms with Gasteiger partial charge >= 0.3 is 0 Å². The van der Waals surface area contributed by atoms with Crippen LogP contribution in [0.2, 0.25) is 0 Å². The third-order valence-corrected chi connectivity index (χ3v) is 2.68. The van der Waals surface area contributed by atoms with Crippen LogP contribution in [-0.2, 0) is 12.8 Å². The van der Waals surface area contributed by atoms with E-state index >= 15 is 0 Å². The van der Waals surface area contributed by atoms with Gasteiger partial charge in [0, 0.05) is 10.7 Å². The van der Waals surface area contributed by atoms with Gasteiger partial charge in [-0.2, -0.15) is 0 Å². The van der Waals surface area contributed by atoms with Gasteiger partial charge in [0.05, 0.1) is 0 Å². The molecule has 0 aromatic heterocycles. The highest BCUT2D eigenvalue weighted by atomic mass is 79.9. The fraction of sp³-hybridized carbons (Fsp3) is 0.400. The first-order chi connectivity index (χ1) is 6.29. The van der Waals surface area contributed by atoms with Crippen molar-refractivity contribution < 1.29 is 4.39 Å². The Morgan fingerprint density at radius 2 is 1.46 bits per heavy atom. The first-order valence-electron chi connectivity index (χ1n) is 4.17. The van der Waals surface area contributed by atoms with Gasteiger partial charge in [-0.05, 0) is 24.0 Å². The lowest BCUT2D eigenvalue weighted by molar-refractivity contribution is 0.598. The van der Waals surface area contributed by atoms with Crippen molar-refractivity contribution in [1.82, 2.24) is 0 Å². The van der Waals surface area contributed by atoms with Gasteiger partial charge < -0.3 is 0 Å². The maximum Gasteiger partial charge on any atom is 0.129 e. The Labute approximate surface area is 94.8 Å². The molecule has 0 N–H and O–H groups in total. The summed E-state index contributed by atoms with van der Waals surface area (Å²) in [6, 6.07) is 5.60. The predicted octanol–water partition coefficient (Wildman–Crippen LogP) is 3.70. The number of rotatable bonds is 4. The van der Waals surface area contributed by atoms with E-state index in [9.17, 15) is 4.39 Å². The van der Waals surface area contributed by atoms with E-state index in [0.29, 0.717) is 0 Å². The summed E-state index contributed by atoms with van der Waals surface area (Å²) in [5, 5.41) is 1.61. The van der Waals surface area contributed by atoms with Crippen molar-refractivity contribution in [1.29, 1.82) is 0 Å². The molecular formula is C10H11Br2F. The Balaban J connectivity index is 2.89. The second-order valence-electron chi connectivity index (χ2n) is 2.77. The summed E-state index contributed by atoms with van der Waals surface area (Å²) in [5.74, 6) is -0.0404. The zero-order valence-electron chi connectivity index (χ0n) is 7.19. The van der Waals surface area contributed by atoms with E-state index in [1.807, 2.05) is 18.2 Å². The van der Waals surface area contributed by atoms with Gasteiger partial charge in [0.15, 0.2) is 0 Å². The van der Waals surface area contributed by atoms with Gasteiger partial charge in [-0.1, -0.05) is 50.1 Å². The number of alkyl halides is 2. The Hall–Kier alpha value is 0.110. The molecular weight excluding hydrogens is 299 g/mol. The van der Waals surface area contributed by atoms with Crippen molar-refractivity contribution in [3.63, 3.8) is 0 Å². The molecule has 0 aliphatic heterocycles. The summed E-state index contributed by atoms with van der Waals surface area (Å²) < 4.78 is 13.6. The summed E-state index contributed by atoms with van der Waals surface area (Å²) in [4.78, 5) is 0. The van der Waals surface area contributed by atoms with Gasteiger partial charge in [-0.15, -0.1) is 0 Å². The fourth-order valence-electron chi connectivity index (χ4n) is 1.22. The lowest BCUT2D eigenvalue weighted by atomic mass is 10.1. The number of hydrogen-bond acceptors (Lipinski definition) is 0. The van der Waals surface area contributed by atoms with E-state index < -0.39 is 0 Å². The smallest absolute Gasteiger partial charge is 0.129 e. The minimum absolute atomic E-state index is 0.0404. The van der Waals surface area contributed by atoms with Crippen molar-refractivity contribution in [2.75, 3.05) is 10.7 Å². The molecule has 0 saturated carbocycles. The molecule has 0 aliphatic carbocycles. The molecule has 0 amide bonds. The van der Waals surface area contributed by atoms with E-state index in [0.717, 1.165) is 34.6 Å². The molecule has 0 unspecified atom stereocenters. The molecule has 3 heteroatoms. The van der Waals surface area contributed by atoms with Crippen LogP contribution >= 0.6 is 31.9 Å². The van der Waals surface area contributed by atoms with E-state index in [1.54, 1.807) is 0 Å². The lowest BCUT2D eigenvalue weighted by Crippen LogP contribution is -1.98. The largest absolute Gasteiger partial charge is 0.206 e. The monoisotopic (exact) mass is 308 g/mol. The van der Waals surface area contributed by atoms with Crippen molar-refractivity contribution in [3.8, 4) is 0 Å². The van der Waals surface area contributed by atoms with Crippen LogP contribution in [0, 0.1) is 5.82 Å². The number of hydrogen-bond donors (Lipinski definition) is 0. The predicted molar refractivity (Wildman–Crippen MR) is 61.4 cm³/mol. The molecule has 0 nitrogen and oxygen atoms in total. The summed E-state index contributed by atoms with van der Waals surface area (Å²) in [7, 11) is 0. The van der Waals surface area contributed by atoms with Gasteiger partial charge in [-0.25, -0.2) is 4.39 Å². The van der Waals surface area contributed by atoms with Gasteiger partial charge in [0.2, 0.25) is 0 Å². The maximum atomic E-state index is 13.6. The molecule has 0 heterocycles. The Kier molecular flexibility index (Phi) is 4.96. The number of aryl methyl sites for hydroxylation is 2. The highest BCUT2D eigenvalue weighted by molar-refractivity contribution is 9.09. The van der Waals surface area contributed by atoms with Crippen LogP contribution in [0.3, 0.4) is 0 Å². The molecule has 0 fully saturated rings. The molecule has 13 heavy (non-hydrogen) atoms. The van der Waals surface area contributed by atoms with Crippen molar-refractivity contribution in [3.05, 3.63) is 35.1 Å². The Morgan fingerprint density at radius 3 is 1.85 bits per heavy atom. The molecule has 1 aromatic carbocycles. The standard InChI is InChI=1S/C10H11Br2F/c11-6-4-8-2-1-3-9(5-7-12)10(8)13/h1-3H,4-7H2. The van der Waals surface area contributed by atoms with E-state index in [-0.39, 0.29) is 5.82 Å². The second kappa shape index (κ2) is 5.76. The number of halogens is 3. The summed E-state index contributed by atoms with van der Waals surface area (Å²) >= 11 is 6.62. The molecule has 0 atom stereocenters. The number of benzene rings is 1. The van der Waals surface area contributed by atoms with E-state index in [2.05, 4.69) is 31.9 Å². The quantitative estimate of drug-likeness (QED) is 0.744. The molecule has 1 aromatic rings. The highest BCUT2D eigenvalue weighted by Gasteiger charge is 2.05. The Morgan fingerprint density at radius 1 is 1.00 bits per heavy atom. The molecule has 0 bridgehead atoms. The molecule has 72 valence electrons. The van der Waals surface area contributed by atoms with Crippen LogP contribution in [0.15, 0.2) is 18.2 Å². The zero-order valence-corrected chi connectivity index (χ0v) is 10.4. The van der Waals surface area contributed by atoms with Crippen LogP contribution in [0.1, 0.15) is 11.1 Å². The van der Waals surface area contributed by atoms with E-state index in [4.69, 9.17) is 0 Å². The Bertz CT molecular complexity index is 249. The molecule has 0 spiro atoms. The zero-order chi connectivity index (χ0) is 9.68. The van der Waals surface area contributed by atoms with Crippen LogP contribution in [0.25, 0.3) is 0 Å². The van der Waals surface area contributed by atoms with Gasteiger partial charge in [-0.3, -0.25) is 0 Å². The maximum absolute atomic E-state index is 13.6. The fourth-order valence-corrected chi connectivity index (χ4v) is 2.08. The van der Waals surface area contributed by atoms with Crippen molar-refractivity contribution in [2.24, 2.45) is 0 Å². The van der Waals surface area contributed by atoms with Crippen LogP contribution in [0.4, 0.5) is 4.39 Å². The summed E-state index contributed by atoms with van der Waals surface area (Å²) in [6.07, 6.45) is 1.50. The molecule has 0 radical (unpaired) electrons. The molecule has 0 saturated heterocycles. The summed E-state index contributed by atoms with van der Waals surface area (Å²) in [5.41, 5.74) is 1.60. The van der Waals surface area contributed by atoms with Gasteiger partial charge in [0.1, 0.15) is 5.82 Å². The second-order valence-corrected chi connectivity index (χ2v) is 4.35. The van der Waals surface area contributed by atoms with E-state index in [1.165, 1.54) is 0 Å². The topological polar surface area (TPSA) is 0 Å². The molecule has 0 aliphatic rings. The van der Waals surface area contributed by atoms with Crippen LogP contribution < -0.4 is 0 Å². The first-order valence-corrected chi connectivity index (χ1v) is 6.42. The lowest BCUT2D eigenvalue weighted by Gasteiger charge is -2.05. The average molecular weight is 310 g/mol. The van der Waals surface area contributed by atoms with Crippen LogP contribution in [0.5, 0.6) is 0 Å². The van der Waals surface area contributed by atoms with Crippen molar-refractivity contribution in [2.45, 2.75) is 12.8 Å². The highest BCUT2D eigenvalue weighted by Crippen LogP contribution is 2.15. The molecule has 1 rings (SSSR count). The first kappa shape index (κ1) is 11.2. The van der Waals surface area contributed by atoms with Gasteiger partial charge in [0.25, 0.3) is 0 Å². The third-order valence-electron chi connectivity index (χ3n) is 1.89. The van der Waals surface area contributed by atoms with Crippen LogP contribution in [-0.4, -0.2) is 10.7 Å². The van der Waals surface area contributed by atoms with Crippen molar-refractivity contribution >= 4 is 31.9 Å². The SMILES string of the molecule is Fc1c(CCBr)cccc1CCBr. The average Bonchev–Trinajstić information content (AvgIpc) is 2.13. The summed E-state index contributed by atoms with van der Waals surface area (Å²) in [6.45, 7) is 0. The minimum Gasteiger partial charge on any atom is -0.206 e. The third kappa shape index (κ3) is 3.06. The minimum atomic E-state index is -0.0404. The normalized spacial score (nSPS) is 10.4.